The van der Waals surface area contributed by atoms with Gasteiger partial charge in [0.1, 0.15) is 5.54 Å². The number of rotatable bonds is 7. The standard InChI is InChI=1S/C35H40N4O4/c1-22-16-28(24-2-3-24)29(27-8-12-37-31(22)27)21-39-13-9-34(17-23(18-34)20-36)19-30(39)25-4-6-26(7-5-25)32(40)38-35(33(41)42)10-14-43-15-11-35/h4-8,12,16,23-24,30,37H,2-3,9-11,13-15,17-19,21H2,1H3,(H,38,40)(H,41,42)/t23?,30-,34?/m0/s1. The maximum absolute atomic E-state index is 13.2. The van der Waals surface area contributed by atoms with E-state index in [1.807, 2.05) is 24.3 Å². The van der Waals surface area contributed by atoms with E-state index in [9.17, 15) is 20.0 Å². The number of nitriles is 1. The van der Waals surface area contributed by atoms with E-state index in [2.05, 4.69) is 46.5 Å². The van der Waals surface area contributed by atoms with Gasteiger partial charge >= 0.3 is 5.97 Å². The summed E-state index contributed by atoms with van der Waals surface area (Å²) in [6.07, 6.45) is 9.11. The van der Waals surface area contributed by atoms with E-state index in [4.69, 9.17) is 4.74 Å². The molecule has 0 radical (unpaired) electrons. The highest BCUT2D eigenvalue weighted by atomic mass is 16.5. The Bertz CT molecular complexity index is 1590. The molecule has 0 unspecified atom stereocenters. The fraction of sp³-hybridized carbons (Fsp3) is 0.514. The first-order valence-corrected chi connectivity index (χ1v) is 15.8. The molecule has 0 bridgehead atoms. The third-order valence-corrected chi connectivity index (χ3v) is 10.8. The number of nitrogens with one attached hydrogen (secondary N) is 2. The molecule has 2 aliphatic heterocycles. The Labute approximate surface area is 252 Å². The molecule has 3 N–H and O–H groups in total. The number of amides is 1. The van der Waals surface area contributed by atoms with Gasteiger partial charge in [-0.25, -0.2) is 4.79 Å². The van der Waals surface area contributed by atoms with E-state index in [1.165, 1.54) is 46.0 Å². The van der Waals surface area contributed by atoms with Crippen LogP contribution in [0.15, 0.2) is 42.6 Å². The van der Waals surface area contributed by atoms with E-state index in [0.717, 1.165) is 38.8 Å². The third kappa shape index (κ3) is 5.13. The Kier molecular flexibility index (Phi) is 7.06. The Balaban J connectivity index is 1.17. The molecule has 4 aliphatic rings. The average Bonchev–Trinajstić information content (AvgIpc) is 3.73. The molecule has 1 aromatic heterocycles. The molecule has 4 fully saturated rings. The number of nitrogens with zero attached hydrogens (tertiary/aromatic N) is 2. The molecular weight excluding hydrogens is 540 g/mol. The van der Waals surface area contributed by atoms with Gasteiger partial charge in [-0.15, -0.1) is 0 Å². The lowest BCUT2D eigenvalue weighted by Gasteiger charge is -2.53. The van der Waals surface area contributed by atoms with E-state index >= 15 is 0 Å². The molecule has 43 heavy (non-hydrogen) atoms. The molecule has 3 aromatic rings. The number of ether oxygens (including phenoxy) is 1. The average molecular weight is 581 g/mol. The van der Waals surface area contributed by atoms with Crippen LogP contribution in [0.2, 0.25) is 0 Å². The van der Waals surface area contributed by atoms with Crippen molar-refractivity contribution < 1.29 is 19.4 Å². The summed E-state index contributed by atoms with van der Waals surface area (Å²) >= 11 is 0. The van der Waals surface area contributed by atoms with Crippen molar-refractivity contribution in [2.75, 3.05) is 19.8 Å². The zero-order valence-corrected chi connectivity index (χ0v) is 24.8. The first-order chi connectivity index (χ1) is 20.8. The molecule has 1 spiro atoms. The van der Waals surface area contributed by atoms with Gasteiger partial charge in [-0.05, 0) is 104 Å². The minimum absolute atomic E-state index is 0.156. The number of benzene rings is 2. The van der Waals surface area contributed by atoms with Crippen LogP contribution in [0.25, 0.3) is 10.9 Å². The molecule has 2 saturated heterocycles. The van der Waals surface area contributed by atoms with Crippen molar-refractivity contribution in [2.24, 2.45) is 11.3 Å². The second-order valence-corrected chi connectivity index (χ2v) is 13.6. The first kappa shape index (κ1) is 28.1. The van der Waals surface area contributed by atoms with Crippen molar-refractivity contribution >= 4 is 22.8 Å². The van der Waals surface area contributed by atoms with Crippen molar-refractivity contribution in [3.05, 3.63) is 70.4 Å². The predicted octanol–water partition coefficient (Wildman–Crippen LogP) is 5.97. The Hall–Kier alpha value is -3.67. The molecule has 7 rings (SSSR count). The zero-order chi connectivity index (χ0) is 29.8. The number of carboxylic acids is 1. The maximum atomic E-state index is 13.2. The summed E-state index contributed by atoms with van der Waals surface area (Å²) < 4.78 is 5.35. The number of carboxylic acid groups (broad SMARTS) is 1. The molecule has 1 amide bonds. The van der Waals surface area contributed by atoms with Gasteiger partial charge in [0.15, 0.2) is 0 Å². The van der Waals surface area contributed by atoms with Crippen LogP contribution in [-0.2, 0) is 16.1 Å². The monoisotopic (exact) mass is 580 g/mol. The van der Waals surface area contributed by atoms with Gasteiger partial charge in [-0.3, -0.25) is 9.69 Å². The number of H-pyrrole nitrogens is 1. The van der Waals surface area contributed by atoms with Crippen molar-refractivity contribution in [3.63, 3.8) is 0 Å². The second kappa shape index (κ2) is 10.8. The highest BCUT2D eigenvalue weighted by Gasteiger charge is 2.49. The Morgan fingerprint density at radius 1 is 1.12 bits per heavy atom. The number of likely N-dealkylation sites (tertiary alicyclic amines) is 1. The summed E-state index contributed by atoms with van der Waals surface area (Å²) in [4.78, 5) is 31.4. The molecule has 8 nitrogen and oxygen atoms in total. The zero-order valence-electron chi connectivity index (χ0n) is 24.8. The molecule has 2 aliphatic carbocycles. The predicted molar refractivity (Wildman–Crippen MR) is 162 cm³/mol. The molecule has 2 aromatic carbocycles. The van der Waals surface area contributed by atoms with Gasteiger partial charge in [-0.2, -0.15) is 5.26 Å². The lowest BCUT2D eigenvalue weighted by Crippen LogP contribution is -2.57. The molecule has 8 heteroatoms. The van der Waals surface area contributed by atoms with Gasteiger partial charge in [0.25, 0.3) is 5.91 Å². The van der Waals surface area contributed by atoms with Crippen molar-refractivity contribution in [1.82, 2.24) is 15.2 Å². The molecule has 1 atom stereocenters. The lowest BCUT2D eigenvalue weighted by molar-refractivity contribution is -0.148. The summed E-state index contributed by atoms with van der Waals surface area (Å²) in [7, 11) is 0. The number of carbonyl (C=O) groups excluding carboxylic acids is 1. The largest absolute Gasteiger partial charge is 0.480 e. The van der Waals surface area contributed by atoms with Gasteiger partial charge in [-0.1, -0.05) is 18.2 Å². The topological polar surface area (TPSA) is 118 Å². The lowest BCUT2D eigenvalue weighted by atomic mass is 9.56. The number of piperidine rings is 1. The van der Waals surface area contributed by atoms with Crippen LogP contribution in [0, 0.1) is 29.6 Å². The number of aliphatic carboxylic acids is 1. The van der Waals surface area contributed by atoms with Crippen LogP contribution in [0.5, 0.6) is 0 Å². The van der Waals surface area contributed by atoms with Crippen molar-refractivity contribution in [3.8, 4) is 6.07 Å². The second-order valence-electron chi connectivity index (χ2n) is 13.6. The highest BCUT2D eigenvalue weighted by molar-refractivity contribution is 5.98. The number of hydrogen-bond donors (Lipinski definition) is 3. The number of aryl methyl sites for hydroxylation is 1. The van der Waals surface area contributed by atoms with Gasteiger partial charge in [0, 0.05) is 67.2 Å². The normalized spacial score (nSPS) is 27.0. The van der Waals surface area contributed by atoms with E-state index in [1.54, 1.807) is 0 Å². The summed E-state index contributed by atoms with van der Waals surface area (Å²) in [5, 5.41) is 23.6. The number of aromatic amines is 1. The SMILES string of the molecule is Cc1cc(C2CC2)c(CN2CCC3(CC(C#N)C3)C[C@H]2c2ccc(C(=O)NC3(C(=O)O)CCOCC3)cc2)c2cc[nH]c12. The van der Waals surface area contributed by atoms with Crippen LogP contribution in [0.3, 0.4) is 0 Å². The Morgan fingerprint density at radius 2 is 1.86 bits per heavy atom. The summed E-state index contributed by atoms with van der Waals surface area (Å²) in [5.74, 6) is -0.582. The molecule has 224 valence electrons. The number of hydrogen-bond acceptors (Lipinski definition) is 5. The van der Waals surface area contributed by atoms with Crippen LogP contribution in [-0.4, -0.2) is 52.2 Å². The van der Waals surface area contributed by atoms with Gasteiger partial charge in [0.05, 0.1) is 6.07 Å². The number of carbonyl (C=O) groups is 2. The van der Waals surface area contributed by atoms with Crippen LogP contribution >= 0.6 is 0 Å². The van der Waals surface area contributed by atoms with Crippen LogP contribution in [0.1, 0.15) is 95.9 Å². The summed E-state index contributed by atoms with van der Waals surface area (Å²) in [6.45, 7) is 4.67. The van der Waals surface area contributed by atoms with E-state index in [-0.39, 0.29) is 36.1 Å². The van der Waals surface area contributed by atoms with E-state index < -0.39 is 11.5 Å². The van der Waals surface area contributed by atoms with Crippen molar-refractivity contribution in [2.45, 2.75) is 82.3 Å². The van der Waals surface area contributed by atoms with Crippen LogP contribution in [0.4, 0.5) is 0 Å². The third-order valence-electron chi connectivity index (χ3n) is 10.8. The number of fused-ring (bicyclic) bond motifs is 1. The fourth-order valence-corrected chi connectivity index (χ4v) is 8.04. The maximum Gasteiger partial charge on any atom is 0.329 e. The van der Waals surface area contributed by atoms with Crippen molar-refractivity contribution in [1.29, 1.82) is 5.26 Å². The number of aromatic nitrogens is 1. The van der Waals surface area contributed by atoms with E-state index in [0.29, 0.717) is 24.7 Å². The highest BCUT2D eigenvalue weighted by Crippen LogP contribution is 2.57. The molecular formula is C35H40N4O4. The fourth-order valence-electron chi connectivity index (χ4n) is 8.04. The summed E-state index contributed by atoms with van der Waals surface area (Å²) in [6, 6.07) is 15.0. The minimum atomic E-state index is -1.29. The molecule has 2 saturated carbocycles. The molecule has 3 heterocycles. The van der Waals surface area contributed by atoms with Crippen LogP contribution < -0.4 is 5.32 Å². The van der Waals surface area contributed by atoms with Gasteiger partial charge < -0.3 is 20.1 Å². The van der Waals surface area contributed by atoms with Gasteiger partial charge in [0.2, 0.25) is 0 Å². The summed E-state index contributed by atoms with van der Waals surface area (Å²) in [5.41, 5.74) is 5.98. The smallest absolute Gasteiger partial charge is 0.329 e. The Morgan fingerprint density at radius 3 is 2.53 bits per heavy atom. The quantitative estimate of drug-likeness (QED) is 0.317. The minimum Gasteiger partial charge on any atom is -0.480 e. The first-order valence-electron chi connectivity index (χ1n) is 15.8.